The molecule has 1 saturated carbocycles. The molecule has 2 rings (SSSR count). The Morgan fingerprint density at radius 3 is 2.46 bits per heavy atom. The van der Waals surface area contributed by atoms with E-state index in [1.807, 2.05) is 18.2 Å². The zero-order chi connectivity index (χ0) is 9.15. The molecule has 0 radical (unpaired) electrons. The van der Waals surface area contributed by atoms with Crippen molar-refractivity contribution in [3.05, 3.63) is 42.0 Å². The lowest BCUT2D eigenvalue weighted by Crippen LogP contribution is -1.87. The molecule has 1 aromatic carbocycles. The Labute approximate surface area is 79.3 Å². The Bertz CT molecular complexity index is 347. The minimum Gasteiger partial charge on any atom is -0.119 e. The molecule has 13 heavy (non-hydrogen) atoms. The van der Waals surface area contributed by atoms with Crippen LogP contribution >= 0.6 is 0 Å². The van der Waals surface area contributed by atoms with E-state index in [1.54, 1.807) is 0 Å². The second-order valence-corrected chi connectivity index (χ2v) is 3.54. The number of hydrogen-bond acceptors (Lipinski definition) is 0. The Hall–Kier alpha value is -1.48. The van der Waals surface area contributed by atoms with Gasteiger partial charge in [-0.3, -0.25) is 0 Å². The van der Waals surface area contributed by atoms with Gasteiger partial charge in [0.05, 0.1) is 0 Å². The van der Waals surface area contributed by atoms with Crippen LogP contribution in [0.15, 0.2) is 36.4 Å². The van der Waals surface area contributed by atoms with Crippen molar-refractivity contribution in [2.75, 3.05) is 0 Å². The summed E-state index contributed by atoms with van der Waals surface area (Å²) in [6, 6.07) is 10.3. The van der Waals surface area contributed by atoms with Crippen LogP contribution in [-0.2, 0) is 0 Å². The van der Waals surface area contributed by atoms with E-state index in [2.05, 4.69) is 30.2 Å². The minimum atomic E-state index is 0.0931. The summed E-state index contributed by atoms with van der Waals surface area (Å²) < 4.78 is 0. The Kier molecular flexibility index (Phi) is 1.94. The van der Waals surface area contributed by atoms with Gasteiger partial charge in [-0.15, -0.1) is 6.42 Å². The van der Waals surface area contributed by atoms with Crippen LogP contribution in [0.25, 0.3) is 6.08 Å². The summed E-state index contributed by atoms with van der Waals surface area (Å²) in [6.45, 7) is 0. The molecule has 0 saturated heterocycles. The molecule has 0 aliphatic heterocycles. The largest absolute Gasteiger partial charge is 0.119 e. The van der Waals surface area contributed by atoms with Crippen LogP contribution in [0.2, 0.25) is 0 Å². The predicted octanol–water partition coefficient (Wildman–Crippen LogP) is 3.11. The lowest BCUT2D eigenvalue weighted by molar-refractivity contribution is 0.905. The molecular weight excluding hydrogens is 156 g/mol. The molecule has 1 aromatic rings. The molecule has 0 aromatic heterocycles. The summed E-state index contributed by atoms with van der Waals surface area (Å²) in [5.41, 5.74) is 1.32. The van der Waals surface area contributed by atoms with Crippen molar-refractivity contribution in [2.24, 2.45) is 5.41 Å². The fraction of sp³-hybridized carbons (Fsp3) is 0.231. The van der Waals surface area contributed by atoms with Crippen molar-refractivity contribution < 1.29 is 0 Å². The molecule has 0 heterocycles. The lowest BCUT2D eigenvalue weighted by Gasteiger charge is -1.97. The van der Waals surface area contributed by atoms with Crippen molar-refractivity contribution >= 4 is 6.08 Å². The lowest BCUT2D eigenvalue weighted by atomic mass is 10.1. The number of rotatable bonds is 2. The van der Waals surface area contributed by atoms with Gasteiger partial charge in [-0.05, 0) is 18.4 Å². The molecular formula is C13H12. The molecule has 64 valence electrons. The molecule has 0 heteroatoms. The van der Waals surface area contributed by atoms with Crippen LogP contribution in [0, 0.1) is 17.8 Å². The highest BCUT2D eigenvalue weighted by Gasteiger charge is 2.37. The maximum Gasteiger partial charge on any atom is 0.0495 e. The third kappa shape index (κ3) is 1.81. The van der Waals surface area contributed by atoms with Crippen LogP contribution in [0.4, 0.5) is 0 Å². The summed E-state index contributed by atoms with van der Waals surface area (Å²) >= 11 is 0. The second-order valence-electron chi connectivity index (χ2n) is 3.54. The third-order valence-corrected chi connectivity index (χ3v) is 2.47. The van der Waals surface area contributed by atoms with Gasteiger partial charge < -0.3 is 0 Å². The van der Waals surface area contributed by atoms with E-state index in [0.717, 1.165) is 12.8 Å². The topological polar surface area (TPSA) is 0 Å². The number of terminal acetylenes is 1. The van der Waals surface area contributed by atoms with Crippen molar-refractivity contribution in [3.8, 4) is 12.3 Å². The van der Waals surface area contributed by atoms with Gasteiger partial charge in [0.2, 0.25) is 0 Å². The average Bonchev–Trinajstić information content (AvgIpc) is 2.97. The molecule has 0 atom stereocenters. The van der Waals surface area contributed by atoms with Gasteiger partial charge in [0, 0.05) is 5.41 Å². The van der Waals surface area contributed by atoms with Crippen LogP contribution in [0.5, 0.6) is 0 Å². The number of allylic oxidation sites excluding steroid dienone is 1. The van der Waals surface area contributed by atoms with Crippen molar-refractivity contribution in [2.45, 2.75) is 12.8 Å². The van der Waals surface area contributed by atoms with E-state index in [9.17, 15) is 0 Å². The van der Waals surface area contributed by atoms with E-state index in [-0.39, 0.29) is 5.41 Å². The van der Waals surface area contributed by atoms with Crippen LogP contribution in [0.3, 0.4) is 0 Å². The first-order chi connectivity index (χ1) is 6.35. The summed E-state index contributed by atoms with van der Waals surface area (Å²) in [5, 5.41) is 0. The summed E-state index contributed by atoms with van der Waals surface area (Å²) in [4.78, 5) is 0. The Morgan fingerprint density at radius 1 is 1.23 bits per heavy atom. The van der Waals surface area contributed by atoms with Gasteiger partial charge >= 0.3 is 0 Å². The number of hydrogen-bond donors (Lipinski definition) is 0. The Balaban J connectivity index is 2.11. The van der Waals surface area contributed by atoms with Crippen LogP contribution < -0.4 is 0 Å². The van der Waals surface area contributed by atoms with E-state index in [1.165, 1.54) is 5.56 Å². The molecule has 0 N–H and O–H groups in total. The van der Waals surface area contributed by atoms with Gasteiger partial charge in [0.25, 0.3) is 0 Å². The maximum absolute atomic E-state index is 5.43. The highest BCUT2D eigenvalue weighted by Crippen LogP contribution is 2.46. The van der Waals surface area contributed by atoms with Crippen molar-refractivity contribution in [1.82, 2.24) is 0 Å². The SMILES string of the molecule is C#CC1(/C=C/c2ccccc2)CC1. The third-order valence-electron chi connectivity index (χ3n) is 2.47. The quantitative estimate of drug-likeness (QED) is 0.595. The highest BCUT2D eigenvalue weighted by atomic mass is 14.4. The summed E-state index contributed by atoms with van der Waals surface area (Å²) in [6.07, 6.45) is 12.0. The first kappa shape index (κ1) is 8.13. The normalized spacial score (nSPS) is 18.4. The average molecular weight is 168 g/mol. The molecule has 0 amide bonds. The fourth-order valence-corrected chi connectivity index (χ4v) is 1.31. The maximum atomic E-state index is 5.43. The molecule has 0 spiro atoms. The summed E-state index contributed by atoms with van der Waals surface area (Å²) in [5.74, 6) is 2.84. The van der Waals surface area contributed by atoms with Crippen molar-refractivity contribution in [1.29, 1.82) is 0 Å². The van der Waals surface area contributed by atoms with Gasteiger partial charge in [0.15, 0.2) is 0 Å². The second kappa shape index (κ2) is 3.11. The van der Waals surface area contributed by atoms with Gasteiger partial charge in [-0.2, -0.15) is 0 Å². The van der Waals surface area contributed by atoms with E-state index in [4.69, 9.17) is 6.42 Å². The van der Waals surface area contributed by atoms with E-state index >= 15 is 0 Å². The van der Waals surface area contributed by atoms with E-state index in [0.29, 0.717) is 0 Å². The van der Waals surface area contributed by atoms with Gasteiger partial charge in [0.1, 0.15) is 0 Å². The molecule has 1 aliphatic carbocycles. The Morgan fingerprint density at radius 2 is 1.92 bits per heavy atom. The fourth-order valence-electron chi connectivity index (χ4n) is 1.31. The predicted molar refractivity (Wildman–Crippen MR) is 56.0 cm³/mol. The van der Waals surface area contributed by atoms with Crippen molar-refractivity contribution in [3.63, 3.8) is 0 Å². The zero-order valence-corrected chi connectivity index (χ0v) is 7.53. The molecule has 1 aliphatic rings. The molecule has 0 nitrogen and oxygen atoms in total. The highest BCUT2D eigenvalue weighted by molar-refractivity contribution is 5.52. The zero-order valence-electron chi connectivity index (χ0n) is 7.53. The van der Waals surface area contributed by atoms with Crippen LogP contribution in [0.1, 0.15) is 18.4 Å². The van der Waals surface area contributed by atoms with E-state index < -0.39 is 0 Å². The number of benzene rings is 1. The smallest absolute Gasteiger partial charge is 0.0495 e. The molecule has 0 unspecified atom stereocenters. The van der Waals surface area contributed by atoms with Gasteiger partial charge in [-0.1, -0.05) is 48.4 Å². The monoisotopic (exact) mass is 168 g/mol. The summed E-state index contributed by atoms with van der Waals surface area (Å²) in [7, 11) is 0. The minimum absolute atomic E-state index is 0.0931. The van der Waals surface area contributed by atoms with Crippen LogP contribution in [-0.4, -0.2) is 0 Å². The molecule has 0 bridgehead atoms. The first-order valence-corrected chi connectivity index (χ1v) is 4.57. The first-order valence-electron chi connectivity index (χ1n) is 4.57. The van der Waals surface area contributed by atoms with Gasteiger partial charge in [-0.25, -0.2) is 0 Å². The standard InChI is InChI=1S/C13H12/c1-2-13(10-11-13)9-8-12-6-4-3-5-7-12/h1,3-9H,10-11H2/b9-8+. The molecule has 1 fully saturated rings.